The molecule has 0 fully saturated rings. The lowest BCUT2D eigenvalue weighted by molar-refractivity contribution is -0.133. The monoisotopic (exact) mass is 577 g/mol. The number of rotatable bonds is 15. The molecule has 6 N–H and O–H groups in total. The van der Waals surface area contributed by atoms with E-state index in [4.69, 9.17) is 15.2 Å². The van der Waals surface area contributed by atoms with Gasteiger partial charge in [-0.05, 0) is 57.4 Å². The molecule has 0 saturated heterocycles. The van der Waals surface area contributed by atoms with E-state index < -0.39 is 53.6 Å². The molecule has 0 radical (unpaired) electrons. The van der Waals surface area contributed by atoms with Crippen LogP contribution in [0.4, 0.5) is 9.59 Å². The first-order chi connectivity index (χ1) is 19.1. The minimum atomic E-state index is -1.07. The number of primary amides is 1. The maximum Gasteiger partial charge on any atom is 0.408 e. The molecule has 0 saturated carbocycles. The third-order valence-corrected chi connectivity index (χ3v) is 5.77. The predicted octanol–water partition coefficient (Wildman–Crippen LogP) is 2.74. The van der Waals surface area contributed by atoms with Gasteiger partial charge >= 0.3 is 12.2 Å². The number of amides is 5. The second-order valence-corrected chi connectivity index (χ2v) is 11.7. The Labute approximate surface area is 242 Å². The van der Waals surface area contributed by atoms with Gasteiger partial charge in [0.05, 0.1) is 0 Å². The van der Waals surface area contributed by atoms with Crippen molar-refractivity contribution < 1.29 is 33.4 Å². The number of hydrogen-bond donors (Lipinski definition) is 5. The number of nitrogens with two attached hydrogens (primary N) is 1. The van der Waals surface area contributed by atoms with Crippen molar-refractivity contribution in [3.05, 3.63) is 35.9 Å². The molecule has 3 atom stereocenters. The average Bonchev–Trinajstić information content (AvgIpc) is 2.86. The molecule has 0 aliphatic rings. The minimum Gasteiger partial charge on any atom is -0.445 e. The molecule has 5 amide bonds. The van der Waals surface area contributed by atoms with E-state index in [9.17, 15) is 24.0 Å². The Morgan fingerprint density at radius 1 is 0.854 bits per heavy atom. The van der Waals surface area contributed by atoms with Gasteiger partial charge in [-0.1, -0.05) is 58.0 Å². The summed E-state index contributed by atoms with van der Waals surface area (Å²) in [5.41, 5.74) is 5.51. The summed E-state index contributed by atoms with van der Waals surface area (Å²) in [7, 11) is 0. The Kier molecular flexibility index (Phi) is 14.7. The molecule has 41 heavy (non-hydrogen) atoms. The number of carbonyl (C=O) groups excluding carboxylic acids is 5. The first kappa shape index (κ1) is 35.2. The van der Waals surface area contributed by atoms with Crippen molar-refractivity contribution >= 4 is 29.9 Å². The van der Waals surface area contributed by atoms with Crippen molar-refractivity contribution in [2.24, 2.45) is 17.6 Å². The molecule has 0 aliphatic carbocycles. The Balaban J connectivity index is 2.84. The van der Waals surface area contributed by atoms with Gasteiger partial charge in [0.25, 0.3) is 0 Å². The second kappa shape index (κ2) is 17.1. The zero-order chi connectivity index (χ0) is 31.2. The third kappa shape index (κ3) is 14.9. The van der Waals surface area contributed by atoms with Gasteiger partial charge in [0.15, 0.2) is 0 Å². The Hall–Kier alpha value is -3.83. The van der Waals surface area contributed by atoms with E-state index in [0.29, 0.717) is 12.8 Å². The molecule has 0 bridgehead atoms. The average molecular weight is 578 g/mol. The van der Waals surface area contributed by atoms with E-state index >= 15 is 0 Å². The van der Waals surface area contributed by atoms with E-state index in [1.165, 1.54) is 0 Å². The highest BCUT2D eigenvalue weighted by Gasteiger charge is 2.31. The molecule has 1 aromatic rings. The molecule has 1 rings (SSSR count). The van der Waals surface area contributed by atoms with Crippen LogP contribution in [0.25, 0.3) is 0 Å². The first-order valence-electron chi connectivity index (χ1n) is 13.9. The van der Waals surface area contributed by atoms with Gasteiger partial charge in [-0.15, -0.1) is 0 Å². The summed E-state index contributed by atoms with van der Waals surface area (Å²) in [6, 6.07) is 6.27. The summed E-state index contributed by atoms with van der Waals surface area (Å²) in [5.74, 6) is -2.08. The van der Waals surface area contributed by atoms with Crippen molar-refractivity contribution in [3.8, 4) is 0 Å². The number of hydrogen-bond acceptors (Lipinski definition) is 7. The first-order valence-corrected chi connectivity index (χ1v) is 13.9. The molecule has 0 aliphatic heterocycles. The van der Waals surface area contributed by atoms with Crippen molar-refractivity contribution in [3.63, 3.8) is 0 Å². The smallest absolute Gasteiger partial charge is 0.408 e. The highest BCUT2D eigenvalue weighted by atomic mass is 16.6. The van der Waals surface area contributed by atoms with Crippen molar-refractivity contribution in [1.82, 2.24) is 21.3 Å². The highest BCUT2D eigenvalue weighted by Crippen LogP contribution is 2.10. The second-order valence-electron chi connectivity index (χ2n) is 11.7. The zero-order valence-corrected chi connectivity index (χ0v) is 25.2. The lowest BCUT2D eigenvalue weighted by Crippen LogP contribution is -2.58. The number of ether oxygens (including phenoxy) is 2. The Morgan fingerprint density at radius 2 is 1.49 bits per heavy atom. The van der Waals surface area contributed by atoms with Crippen LogP contribution in [0.2, 0.25) is 0 Å². The SMILES string of the molecule is CC(C)C[C@@H](NC(=O)[C@@H](NC(=O)[C@@H](CCCNC(=O)OCc1ccccc1)NC(=O)OC(C)(C)C)C(C)C)C(N)=O. The number of nitrogens with one attached hydrogen (secondary N) is 4. The van der Waals surface area contributed by atoms with E-state index in [1.54, 1.807) is 34.6 Å². The summed E-state index contributed by atoms with van der Waals surface area (Å²) in [6.45, 7) is 12.7. The fourth-order valence-electron chi connectivity index (χ4n) is 3.76. The quantitative estimate of drug-likeness (QED) is 0.199. The molecule has 230 valence electrons. The number of alkyl carbamates (subject to hydrolysis) is 2. The molecule has 1 aromatic carbocycles. The van der Waals surface area contributed by atoms with Crippen LogP contribution in [0, 0.1) is 11.8 Å². The van der Waals surface area contributed by atoms with E-state index in [2.05, 4.69) is 21.3 Å². The standard InChI is InChI=1S/C29H47N5O7/c1-18(2)16-22(24(30)35)32-26(37)23(19(3)4)34-25(36)21(33-28(39)41-29(5,6)7)14-11-15-31-27(38)40-17-20-12-9-8-10-13-20/h8-10,12-13,18-19,21-23H,11,14-17H2,1-7H3,(H2,30,35)(H,31,38)(H,32,37)(H,33,39)(H,34,36)/t21-,22-,23+/m1/s1. The topological polar surface area (TPSA) is 178 Å². The molecular formula is C29H47N5O7. The summed E-state index contributed by atoms with van der Waals surface area (Å²) in [6.07, 6.45) is -0.622. The minimum absolute atomic E-state index is 0.103. The van der Waals surface area contributed by atoms with Gasteiger partial charge in [0.1, 0.15) is 30.3 Å². The molecule has 0 aromatic heterocycles. The Morgan fingerprint density at radius 3 is 2.02 bits per heavy atom. The molecule has 12 nitrogen and oxygen atoms in total. The molecule has 0 spiro atoms. The van der Waals surface area contributed by atoms with Crippen molar-refractivity contribution in [2.75, 3.05) is 6.54 Å². The maximum atomic E-state index is 13.3. The number of benzene rings is 1. The molecular weight excluding hydrogens is 530 g/mol. The van der Waals surface area contributed by atoms with Crippen molar-refractivity contribution in [1.29, 1.82) is 0 Å². The highest BCUT2D eigenvalue weighted by molar-refractivity contribution is 5.93. The van der Waals surface area contributed by atoms with Gasteiger partial charge in [-0.3, -0.25) is 14.4 Å². The molecule has 12 heteroatoms. The van der Waals surface area contributed by atoms with Gasteiger partial charge < -0.3 is 36.5 Å². The fraction of sp³-hybridized carbons (Fsp3) is 0.621. The van der Waals surface area contributed by atoms with Crippen LogP contribution < -0.4 is 27.0 Å². The third-order valence-electron chi connectivity index (χ3n) is 5.77. The van der Waals surface area contributed by atoms with E-state index in [1.807, 2.05) is 44.2 Å². The summed E-state index contributed by atoms with van der Waals surface area (Å²) >= 11 is 0. The van der Waals surface area contributed by atoms with Crippen molar-refractivity contribution in [2.45, 2.75) is 98.1 Å². The molecule has 0 unspecified atom stereocenters. The van der Waals surface area contributed by atoms with Gasteiger partial charge in [0.2, 0.25) is 17.7 Å². The van der Waals surface area contributed by atoms with Gasteiger partial charge in [0, 0.05) is 6.54 Å². The van der Waals surface area contributed by atoms with E-state index in [0.717, 1.165) is 5.56 Å². The van der Waals surface area contributed by atoms with Crippen LogP contribution in [0.5, 0.6) is 0 Å². The summed E-state index contributed by atoms with van der Waals surface area (Å²) in [5, 5.41) is 10.5. The van der Waals surface area contributed by atoms with Crippen LogP contribution in [-0.2, 0) is 30.5 Å². The van der Waals surface area contributed by atoms with Crippen LogP contribution >= 0.6 is 0 Å². The van der Waals surface area contributed by atoms with Gasteiger partial charge in [-0.25, -0.2) is 9.59 Å². The van der Waals surface area contributed by atoms with Crippen LogP contribution in [0.15, 0.2) is 30.3 Å². The fourth-order valence-corrected chi connectivity index (χ4v) is 3.76. The van der Waals surface area contributed by atoms with Crippen LogP contribution in [0.3, 0.4) is 0 Å². The lowest BCUT2D eigenvalue weighted by Gasteiger charge is -2.28. The van der Waals surface area contributed by atoms with E-state index in [-0.39, 0.29) is 31.4 Å². The Bertz CT molecular complexity index is 1010. The van der Waals surface area contributed by atoms with Gasteiger partial charge in [-0.2, -0.15) is 0 Å². The molecule has 0 heterocycles. The van der Waals surface area contributed by atoms with Crippen LogP contribution in [0.1, 0.15) is 73.3 Å². The summed E-state index contributed by atoms with van der Waals surface area (Å²) in [4.78, 5) is 62.7. The largest absolute Gasteiger partial charge is 0.445 e. The summed E-state index contributed by atoms with van der Waals surface area (Å²) < 4.78 is 10.5. The lowest BCUT2D eigenvalue weighted by atomic mass is 9.99. The maximum absolute atomic E-state index is 13.3. The predicted molar refractivity (Wildman–Crippen MR) is 154 cm³/mol. The van der Waals surface area contributed by atoms with Crippen LogP contribution in [-0.4, -0.2) is 60.2 Å². The number of carbonyl (C=O) groups is 5. The zero-order valence-electron chi connectivity index (χ0n) is 25.2. The normalized spacial score (nSPS) is 13.5.